The number of benzene rings is 2. The molecule has 158 valence electrons. The van der Waals surface area contributed by atoms with Crippen LogP contribution in [0.1, 0.15) is 16.2 Å². The first kappa shape index (κ1) is 19.7. The topological polar surface area (TPSA) is 80.5 Å². The standard InChI is InChI=1S/C22H18ClFN4O3/c1-12-26-20-14(22(29)30)11-17(27-7-9-31-10-8-27)18(24)21(20)28(12)16-5-6-25-19-13(16)3-2-4-15(19)23/h2-6,11H,7-10H2,1H3,(H,29,30). The summed E-state index contributed by atoms with van der Waals surface area (Å²) in [6, 6.07) is 8.48. The number of fused-ring (bicyclic) bond motifs is 2. The summed E-state index contributed by atoms with van der Waals surface area (Å²) in [5.41, 5.74) is 1.60. The number of carboxylic acid groups (broad SMARTS) is 1. The van der Waals surface area contributed by atoms with E-state index in [4.69, 9.17) is 16.3 Å². The number of carboxylic acids is 1. The summed E-state index contributed by atoms with van der Waals surface area (Å²) in [5, 5.41) is 11.0. The Morgan fingerprint density at radius 1 is 1.19 bits per heavy atom. The third kappa shape index (κ3) is 3.10. The number of morpholine rings is 1. The summed E-state index contributed by atoms with van der Waals surface area (Å²) in [7, 11) is 0. The van der Waals surface area contributed by atoms with Crippen LogP contribution in [0, 0.1) is 12.7 Å². The molecule has 1 aliphatic rings. The second kappa shape index (κ2) is 7.47. The van der Waals surface area contributed by atoms with Gasteiger partial charge in [0.2, 0.25) is 0 Å². The molecule has 1 N–H and O–H groups in total. The monoisotopic (exact) mass is 440 g/mol. The number of anilines is 1. The van der Waals surface area contributed by atoms with E-state index in [1.165, 1.54) is 6.07 Å². The summed E-state index contributed by atoms with van der Waals surface area (Å²) in [4.78, 5) is 22.6. The molecule has 9 heteroatoms. The van der Waals surface area contributed by atoms with Crippen LogP contribution in [-0.4, -0.2) is 51.9 Å². The highest BCUT2D eigenvalue weighted by Crippen LogP contribution is 2.35. The predicted octanol–water partition coefficient (Wildman–Crippen LogP) is 4.21. The third-order valence-corrected chi connectivity index (χ3v) is 5.84. The molecule has 0 bridgehead atoms. The Morgan fingerprint density at radius 2 is 1.97 bits per heavy atom. The molecule has 31 heavy (non-hydrogen) atoms. The van der Waals surface area contributed by atoms with Crippen LogP contribution in [0.2, 0.25) is 5.02 Å². The largest absolute Gasteiger partial charge is 0.478 e. The van der Waals surface area contributed by atoms with Crippen molar-refractivity contribution < 1.29 is 19.0 Å². The number of aryl methyl sites for hydroxylation is 1. The van der Waals surface area contributed by atoms with Gasteiger partial charge in [0.1, 0.15) is 16.9 Å². The molecule has 5 rings (SSSR count). The second-order valence-electron chi connectivity index (χ2n) is 7.32. The maximum absolute atomic E-state index is 16.0. The highest BCUT2D eigenvalue weighted by molar-refractivity contribution is 6.35. The van der Waals surface area contributed by atoms with Gasteiger partial charge in [0.15, 0.2) is 5.82 Å². The number of imidazole rings is 1. The minimum atomic E-state index is -1.16. The van der Waals surface area contributed by atoms with Crippen LogP contribution >= 0.6 is 11.6 Å². The minimum absolute atomic E-state index is 0.0452. The fourth-order valence-corrected chi connectivity index (χ4v) is 4.35. The Hall–Kier alpha value is -3.23. The van der Waals surface area contributed by atoms with Crippen molar-refractivity contribution in [2.75, 3.05) is 31.2 Å². The molecule has 0 spiro atoms. The van der Waals surface area contributed by atoms with Crippen LogP contribution in [0.15, 0.2) is 36.5 Å². The van der Waals surface area contributed by atoms with E-state index in [9.17, 15) is 9.90 Å². The average molecular weight is 441 g/mol. The maximum Gasteiger partial charge on any atom is 0.338 e. The van der Waals surface area contributed by atoms with Crippen molar-refractivity contribution in [2.24, 2.45) is 0 Å². The van der Waals surface area contributed by atoms with Gasteiger partial charge in [0, 0.05) is 24.7 Å². The number of aromatic nitrogens is 3. The molecule has 3 heterocycles. The van der Waals surface area contributed by atoms with Gasteiger partial charge in [-0.2, -0.15) is 0 Å². The van der Waals surface area contributed by atoms with Gasteiger partial charge in [-0.05, 0) is 25.1 Å². The number of carbonyl (C=O) groups is 1. The van der Waals surface area contributed by atoms with Crippen molar-refractivity contribution in [3.8, 4) is 5.69 Å². The van der Waals surface area contributed by atoms with E-state index >= 15 is 4.39 Å². The average Bonchev–Trinajstić information content (AvgIpc) is 3.11. The number of aromatic carboxylic acids is 1. The first-order valence-corrected chi connectivity index (χ1v) is 10.2. The number of hydrogen-bond donors (Lipinski definition) is 1. The lowest BCUT2D eigenvalue weighted by atomic mass is 10.1. The SMILES string of the molecule is Cc1nc2c(C(=O)O)cc(N3CCOCC3)c(F)c2n1-c1ccnc2c(Cl)cccc12. The van der Waals surface area contributed by atoms with Gasteiger partial charge in [-0.1, -0.05) is 23.7 Å². The summed E-state index contributed by atoms with van der Waals surface area (Å²) in [5.74, 6) is -1.22. The molecule has 2 aromatic carbocycles. The number of hydrogen-bond acceptors (Lipinski definition) is 5. The molecule has 0 radical (unpaired) electrons. The first-order chi connectivity index (χ1) is 15.0. The van der Waals surface area contributed by atoms with Crippen LogP contribution < -0.4 is 4.90 Å². The Labute approximate surface area is 181 Å². The zero-order valence-corrected chi connectivity index (χ0v) is 17.4. The number of halogens is 2. The molecule has 0 aliphatic carbocycles. The summed E-state index contributed by atoms with van der Waals surface area (Å²) in [6.07, 6.45) is 1.59. The van der Waals surface area contributed by atoms with Crippen LogP contribution in [-0.2, 0) is 4.74 Å². The maximum atomic E-state index is 16.0. The Bertz CT molecular complexity index is 1350. The summed E-state index contributed by atoms with van der Waals surface area (Å²) in [6.45, 7) is 3.57. The van der Waals surface area contributed by atoms with E-state index in [1.54, 1.807) is 40.8 Å². The van der Waals surface area contributed by atoms with Crippen LogP contribution in [0.3, 0.4) is 0 Å². The van der Waals surface area contributed by atoms with Gasteiger partial charge in [0.25, 0.3) is 0 Å². The number of nitrogens with zero attached hydrogens (tertiary/aromatic N) is 4. The number of ether oxygens (including phenoxy) is 1. The van der Waals surface area contributed by atoms with Crippen molar-refractivity contribution in [2.45, 2.75) is 6.92 Å². The zero-order chi connectivity index (χ0) is 21.7. The fraction of sp³-hybridized carbons (Fsp3) is 0.227. The molecule has 0 atom stereocenters. The normalized spacial score (nSPS) is 14.5. The van der Waals surface area contributed by atoms with Crippen molar-refractivity contribution in [3.05, 3.63) is 58.8 Å². The Morgan fingerprint density at radius 3 is 2.71 bits per heavy atom. The lowest BCUT2D eigenvalue weighted by molar-refractivity contribution is 0.0699. The molecule has 0 saturated carbocycles. The Balaban J connectivity index is 1.87. The van der Waals surface area contributed by atoms with E-state index in [1.807, 2.05) is 6.07 Å². The van der Waals surface area contributed by atoms with Gasteiger partial charge in [-0.25, -0.2) is 14.2 Å². The van der Waals surface area contributed by atoms with Crippen LogP contribution in [0.25, 0.3) is 27.6 Å². The molecule has 1 saturated heterocycles. The van der Waals surface area contributed by atoms with Gasteiger partial charge in [-0.3, -0.25) is 9.55 Å². The third-order valence-electron chi connectivity index (χ3n) is 5.54. The van der Waals surface area contributed by atoms with E-state index in [0.717, 1.165) is 0 Å². The lowest BCUT2D eigenvalue weighted by Crippen LogP contribution is -2.37. The summed E-state index contributed by atoms with van der Waals surface area (Å²) < 4.78 is 23.0. The van der Waals surface area contributed by atoms with Gasteiger partial charge in [0.05, 0.1) is 40.7 Å². The molecule has 0 amide bonds. The minimum Gasteiger partial charge on any atom is -0.478 e. The van der Waals surface area contributed by atoms with E-state index in [-0.39, 0.29) is 22.3 Å². The van der Waals surface area contributed by atoms with E-state index < -0.39 is 11.8 Å². The summed E-state index contributed by atoms with van der Waals surface area (Å²) >= 11 is 6.32. The number of pyridine rings is 1. The van der Waals surface area contributed by atoms with Gasteiger partial charge in [-0.15, -0.1) is 0 Å². The predicted molar refractivity (Wildman–Crippen MR) is 116 cm³/mol. The van der Waals surface area contributed by atoms with Gasteiger partial charge < -0.3 is 14.7 Å². The molecule has 1 aliphatic heterocycles. The van der Waals surface area contributed by atoms with Crippen molar-refractivity contribution in [3.63, 3.8) is 0 Å². The molecule has 0 unspecified atom stereocenters. The highest BCUT2D eigenvalue weighted by Gasteiger charge is 2.27. The van der Waals surface area contributed by atoms with Gasteiger partial charge >= 0.3 is 5.97 Å². The smallest absolute Gasteiger partial charge is 0.338 e. The van der Waals surface area contributed by atoms with E-state index in [2.05, 4.69) is 9.97 Å². The Kier molecular flexibility index (Phi) is 4.75. The molecular formula is C22H18ClFN4O3. The molecule has 2 aromatic heterocycles. The molecular weight excluding hydrogens is 423 g/mol. The fourth-order valence-electron chi connectivity index (χ4n) is 4.12. The zero-order valence-electron chi connectivity index (χ0n) is 16.6. The quantitative estimate of drug-likeness (QED) is 0.514. The number of para-hydroxylation sites is 1. The second-order valence-corrected chi connectivity index (χ2v) is 7.73. The lowest BCUT2D eigenvalue weighted by Gasteiger charge is -2.29. The number of rotatable bonds is 3. The molecule has 1 fully saturated rings. The van der Waals surface area contributed by atoms with Crippen LogP contribution in [0.5, 0.6) is 0 Å². The van der Waals surface area contributed by atoms with Crippen molar-refractivity contribution in [1.82, 2.24) is 14.5 Å². The van der Waals surface area contributed by atoms with E-state index in [0.29, 0.717) is 53.7 Å². The first-order valence-electron chi connectivity index (χ1n) is 9.78. The molecule has 7 nitrogen and oxygen atoms in total. The van der Waals surface area contributed by atoms with Crippen molar-refractivity contribution >= 4 is 45.2 Å². The van der Waals surface area contributed by atoms with Crippen molar-refractivity contribution in [1.29, 1.82) is 0 Å². The highest BCUT2D eigenvalue weighted by atomic mass is 35.5. The van der Waals surface area contributed by atoms with Crippen LogP contribution in [0.4, 0.5) is 10.1 Å². The molecule has 4 aromatic rings.